The number of carbonyl (C=O) groups is 2. The Kier molecular flexibility index (Phi) is 7.44. The summed E-state index contributed by atoms with van der Waals surface area (Å²) in [5, 5.41) is 6.31. The third-order valence-electron chi connectivity index (χ3n) is 4.77. The van der Waals surface area contributed by atoms with Crippen molar-refractivity contribution in [2.45, 2.75) is 39.8 Å². The van der Waals surface area contributed by atoms with E-state index in [1.807, 2.05) is 30.3 Å². The summed E-state index contributed by atoms with van der Waals surface area (Å²) in [6.45, 7) is 6.34. The molecule has 3 aromatic carbocycles. The number of esters is 1. The number of aryl methyl sites for hydroxylation is 1. The molecule has 2 N–H and O–H groups in total. The van der Waals surface area contributed by atoms with Gasteiger partial charge in [-0.15, -0.1) is 0 Å². The molecule has 0 aliphatic heterocycles. The van der Waals surface area contributed by atoms with Gasteiger partial charge in [0.1, 0.15) is 0 Å². The van der Waals surface area contributed by atoms with Gasteiger partial charge < -0.3 is 15.4 Å². The van der Waals surface area contributed by atoms with Gasteiger partial charge in [0, 0.05) is 23.5 Å². The monoisotopic (exact) mass is 416 g/mol. The molecule has 0 saturated heterocycles. The van der Waals surface area contributed by atoms with Crippen LogP contribution in [0.25, 0.3) is 0 Å². The van der Waals surface area contributed by atoms with Gasteiger partial charge in [-0.1, -0.05) is 43.3 Å². The minimum absolute atomic E-state index is 0.202. The molecule has 0 atom stereocenters. The summed E-state index contributed by atoms with van der Waals surface area (Å²) in [6.07, 6.45) is 0.751. The molecular formula is C26H28N2O3. The minimum atomic E-state index is -0.411. The molecule has 0 radical (unpaired) electrons. The largest absolute Gasteiger partial charge is 0.459 e. The van der Waals surface area contributed by atoms with Crippen molar-refractivity contribution in [3.05, 3.63) is 95.1 Å². The molecule has 0 heterocycles. The molecule has 5 heteroatoms. The first-order chi connectivity index (χ1) is 15.0. The zero-order valence-corrected chi connectivity index (χ0v) is 18.1. The van der Waals surface area contributed by atoms with Gasteiger partial charge in [-0.25, -0.2) is 4.79 Å². The van der Waals surface area contributed by atoms with Crippen LogP contribution < -0.4 is 10.6 Å². The number of ether oxygens (including phenoxy) is 1. The van der Waals surface area contributed by atoms with Crippen LogP contribution in [0.2, 0.25) is 0 Å². The molecule has 1 amide bonds. The van der Waals surface area contributed by atoms with E-state index in [1.165, 1.54) is 5.56 Å². The molecule has 0 aromatic heterocycles. The fourth-order valence-electron chi connectivity index (χ4n) is 3.23. The Morgan fingerprint density at radius 1 is 0.903 bits per heavy atom. The van der Waals surface area contributed by atoms with Gasteiger partial charge in [0.05, 0.1) is 11.7 Å². The highest BCUT2D eigenvalue weighted by molar-refractivity contribution is 6.05. The van der Waals surface area contributed by atoms with E-state index in [4.69, 9.17) is 4.74 Å². The van der Waals surface area contributed by atoms with Crippen molar-refractivity contribution in [1.29, 1.82) is 0 Å². The van der Waals surface area contributed by atoms with E-state index >= 15 is 0 Å². The standard InChI is InChI=1S/C26H28N2O3/c1-4-20-10-5-6-14-24(20)27-17-19-9-7-11-21(15-19)25(29)28-23-13-8-12-22(16-23)26(30)31-18(2)3/h5-16,18,27H,4,17H2,1-3H3,(H,28,29). The molecule has 5 nitrogen and oxygen atoms in total. The zero-order valence-electron chi connectivity index (χ0n) is 18.1. The Morgan fingerprint density at radius 3 is 2.42 bits per heavy atom. The molecule has 160 valence electrons. The van der Waals surface area contributed by atoms with Gasteiger partial charge in [-0.05, 0) is 67.8 Å². The fraction of sp³-hybridized carbons (Fsp3) is 0.231. The van der Waals surface area contributed by atoms with Gasteiger partial charge in [-0.3, -0.25) is 4.79 Å². The highest BCUT2D eigenvalue weighted by atomic mass is 16.5. The quantitative estimate of drug-likeness (QED) is 0.464. The van der Waals surface area contributed by atoms with E-state index in [0.29, 0.717) is 23.4 Å². The van der Waals surface area contributed by atoms with Gasteiger partial charge in [-0.2, -0.15) is 0 Å². The number of anilines is 2. The number of hydrogen-bond donors (Lipinski definition) is 2. The van der Waals surface area contributed by atoms with Crippen LogP contribution in [-0.2, 0) is 17.7 Å². The Balaban J connectivity index is 1.67. The Bertz CT molecular complexity index is 1060. The lowest BCUT2D eigenvalue weighted by atomic mass is 10.1. The molecule has 0 aliphatic carbocycles. The molecule has 0 unspecified atom stereocenters. The second-order valence-electron chi connectivity index (χ2n) is 7.55. The van der Waals surface area contributed by atoms with Crippen LogP contribution in [0.5, 0.6) is 0 Å². The average molecular weight is 417 g/mol. The van der Waals surface area contributed by atoms with Crippen molar-refractivity contribution in [2.24, 2.45) is 0 Å². The summed E-state index contributed by atoms with van der Waals surface area (Å²) in [7, 11) is 0. The molecule has 0 saturated carbocycles. The minimum Gasteiger partial charge on any atom is -0.459 e. The first-order valence-electron chi connectivity index (χ1n) is 10.5. The maximum absolute atomic E-state index is 12.8. The van der Waals surface area contributed by atoms with Crippen LogP contribution in [0.15, 0.2) is 72.8 Å². The summed E-state index contributed by atoms with van der Waals surface area (Å²) in [5.41, 5.74) is 4.87. The average Bonchev–Trinajstić information content (AvgIpc) is 2.77. The summed E-state index contributed by atoms with van der Waals surface area (Å²) >= 11 is 0. The van der Waals surface area contributed by atoms with Gasteiger partial charge in [0.25, 0.3) is 5.91 Å². The van der Waals surface area contributed by atoms with Crippen molar-refractivity contribution in [3.63, 3.8) is 0 Å². The summed E-state index contributed by atoms with van der Waals surface area (Å²) < 4.78 is 5.22. The first kappa shape index (κ1) is 22.1. The normalized spacial score (nSPS) is 10.6. The predicted molar refractivity (Wildman–Crippen MR) is 125 cm³/mol. The number of hydrogen-bond acceptors (Lipinski definition) is 4. The molecule has 3 aromatic rings. The first-order valence-corrected chi connectivity index (χ1v) is 10.5. The third-order valence-corrected chi connectivity index (χ3v) is 4.77. The molecule has 0 fully saturated rings. The molecule has 0 spiro atoms. The smallest absolute Gasteiger partial charge is 0.338 e. The van der Waals surface area contributed by atoms with Crippen LogP contribution in [0.4, 0.5) is 11.4 Å². The van der Waals surface area contributed by atoms with E-state index in [0.717, 1.165) is 17.7 Å². The lowest BCUT2D eigenvalue weighted by molar-refractivity contribution is 0.0377. The fourth-order valence-corrected chi connectivity index (χ4v) is 3.23. The maximum Gasteiger partial charge on any atom is 0.338 e. The van der Waals surface area contributed by atoms with Crippen LogP contribution in [0, 0.1) is 0 Å². The molecule has 0 bridgehead atoms. The highest BCUT2D eigenvalue weighted by Crippen LogP contribution is 2.18. The highest BCUT2D eigenvalue weighted by Gasteiger charge is 2.12. The molecular weight excluding hydrogens is 388 g/mol. The van der Waals surface area contributed by atoms with Gasteiger partial charge in [0.2, 0.25) is 0 Å². The van der Waals surface area contributed by atoms with Crippen molar-refractivity contribution in [2.75, 3.05) is 10.6 Å². The number of benzene rings is 3. The van der Waals surface area contributed by atoms with E-state index in [1.54, 1.807) is 44.2 Å². The van der Waals surface area contributed by atoms with Crippen LogP contribution in [0.1, 0.15) is 52.6 Å². The topological polar surface area (TPSA) is 67.4 Å². The summed E-state index contributed by atoms with van der Waals surface area (Å²) in [6, 6.07) is 22.5. The van der Waals surface area contributed by atoms with Gasteiger partial charge in [0.15, 0.2) is 0 Å². The van der Waals surface area contributed by atoms with Crippen molar-refractivity contribution < 1.29 is 14.3 Å². The number of para-hydroxylation sites is 1. The number of carbonyl (C=O) groups excluding carboxylic acids is 2. The number of amides is 1. The zero-order chi connectivity index (χ0) is 22.2. The Labute approximate surface area is 183 Å². The predicted octanol–water partition coefficient (Wildman–Crippen LogP) is 5.68. The Morgan fingerprint density at radius 2 is 1.65 bits per heavy atom. The molecule has 31 heavy (non-hydrogen) atoms. The third kappa shape index (κ3) is 6.19. The van der Waals surface area contributed by atoms with E-state index < -0.39 is 5.97 Å². The number of nitrogens with one attached hydrogen (secondary N) is 2. The maximum atomic E-state index is 12.8. The lowest BCUT2D eigenvalue weighted by Crippen LogP contribution is -2.14. The van der Waals surface area contributed by atoms with Crippen LogP contribution >= 0.6 is 0 Å². The van der Waals surface area contributed by atoms with Crippen molar-refractivity contribution >= 4 is 23.3 Å². The summed E-state index contributed by atoms with van der Waals surface area (Å²) in [4.78, 5) is 24.9. The van der Waals surface area contributed by atoms with Crippen molar-refractivity contribution in [1.82, 2.24) is 0 Å². The van der Waals surface area contributed by atoms with Crippen LogP contribution in [0.3, 0.4) is 0 Å². The van der Waals surface area contributed by atoms with E-state index in [2.05, 4.69) is 29.7 Å². The SMILES string of the molecule is CCc1ccccc1NCc1cccc(C(=O)Nc2cccc(C(=O)OC(C)C)c2)c1. The van der Waals surface area contributed by atoms with Crippen molar-refractivity contribution in [3.8, 4) is 0 Å². The van der Waals surface area contributed by atoms with Gasteiger partial charge >= 0.3 is 5.97 Å². The number of rotatable bonds is 8. The second-order valence-corrected chi connectivity index (χ2v) is 7.55. The molecule has 3 rings (SSSR count). The molecule has 0 aliphatic rings. The summed E-state index contributed by atoms with van der Waals surface area (Å²) in [5.74, 6) is -0.642. The van der Waals surface area contributed by atoms with Crippen LogP contribution in [-0.4, -0.2) is 18.0 Å². The van der Waals surface area contributed by atoms with E-state index in [-0.39, 0.29) is 12.0 Å². The van der Waals surface area contributed by atoms with E-state index in [9.17, 15) is 9.59 Å². The lowest BCUT2D eigenvalue weighted by Gasteiger charge is -2.12. The second kappa shape index (κ2) is 10.4. The Hall–Kier alpha value is -3.60.